The second-order valence-corrected chi connectivity index (χ2v) is 7.10. The predicted octanol–water partition coefficient (Wildman–Crippen LogP) is 2.32. The summed E-state index contributed by atoms with van der Waals surface area (Å²) in [7, 11) is -0.946. The summed E-state index contributed by atoms with van der Waals surface area (Å²) in [4.78, 5) is 14.8. The maximum Gasteiger partial charge on any atom is 0.228 e. The third kappa shape index (κ3) is 3.86. The van der Waals surface area contributed by atoms with E-state index < -0.39 is 10.8 Å². The fraction of sp³-hybridized carbons (Fsp3) is 0.278. The van der Waals surface area contributed by atoms with Crippen LogP contribution in [-0.4, -0.2) is 29.0 Å². The minimum atomic E-state index is -0.946. The zero-order valence-corrected chi connectivity index (χ0v) is 13.9. The van der Waals surface area contributed by atoms with Crippen molar-refractivity contribution in [2.45, 2.75) is 23.9 Å². The fourth-order valence-electron chi connectivity index (χ4n) is 2.76. The molecule has 1 saturated heterocycles. The summed E-state index contributed by atoms with van der Waals surface area (Å²) < 4.78 is 11.4. The molecule has 4 nitrogen and oxygen atoms in total. The Balaban J connectivity index is 1.57. The normalized spacial score (nSPS) is 19.1. The third-order valence-corrected chi connectivity index (χ3v) is 4.98. The van der Waals surface area contributed by atoms with Crippen LogP contribution < -0.4 is 10.2 Å². The van der Waals surface area contributed by atoms with Crippen LogP contribution in [0, 0.1) is 0 Å². The molecule has 120 valence electrons. The van der Waals surface area contributed by atoms with Crippen LogP contribution in [0.3, 0.4) is 0 Å². The number of carbonyl (C=O) groups is 1. The highest BCUT2D eigenvalue weighted by molar-refractivity contribution is 7.84. The zero-order valence-electron chi connectivity index (χ0n) is 13.1. The highest BCUT2D eigenvalue weighted by Gasteiger charge is 2.29. The molecule has 0 saturated carbocycles. The van der Waals surface area contributed by atoms with Gasteiger partial charge in [0, 0.05) is 53.2 Å². The minimum absolute atomic E-state index is 0.155. The largest absolute Gasteiger partial charge is 0.311 e. The Labute approximate surface area is 139 Å². The quantitative estimate of drug-likeness (QED) is 0.916. The smallest absolute Gasteiger partial charge is 0.228 e. The molecule has 0 bridgehead atoms. The van der Waals surface area contributed by atoms with Crippen LogP contribution in [0.5, 0.6) is 0 Å². The summed E-state index contributed by atoms with van der Waals surface area (Å²) in [6, 6.07) is 17.7. The molecule has 23 heavy (non-hydrogen) atoms. The van der Waals surface area contributed by atoms with Crippen molar-refractivity contribution >= 4 is 22.4 Å². The lowest BCUT2D eigenvalue weighted by atomic mass is 10.2. The predicted molar refractivity (Wildman–Crippen MR) is 92.8 cm³/mol. The maximum atomic E-state index is 12.2. The monoisotopic (exact) mass is 328 g/mol. The topological polar surface area (TPSA) is 49.4 Å². The summed E-state index contributed by atoms with van der Waals surface area (Å²) in [5, 5.41) is 3.44. The van der Waals surface area contributed by atoms with Crippen molar-refractivity contribution in [3.8, 4) is 0 Å². The molecule has 2 aromatic carbocycles. The average molecular weight is 328 g/mol. The Kier molecular flexibility index (Phi) is 4.88. The lowest BCUT2D eigenvalue weighted by molar-refractivity contribution is -0.117. The Morgan fingerprint density at radius 1 is 1.13 bits per heavy atom. The molecular formula is C18H20N2O2S. The van der Waals surface area contributed by atoms with Gasteiger partial charge in [-0.25, -0.2) is 0 Å². The number of benzene rings is 2. The SMILES string of the molecule is CS(=O)c1ccc(CNC2CC(=O)N(c3ccccc3)C2)cc1. The lowest BCUT2D eigenvalue weighted by Crippen LogP contribution is -2.32. The Hall–Kier alpha value is -1.98. The number of nitrogens with zero attached hydrogens (tertiary/aromatic N) is 1. The lowest BCUT2D eigenvalue weighted by Gasteiger charge is -2.17. The second kappa shape index (κ2) is 7.06. The fourth-order valence-corrected chi connectivity index (χ4v) is 3.28. The van der Waals surface area contributed by atoms with Crippen molar-refractivity contribution in [1.29, 1.82) is 0 Å². The molecule has 0 radical (unpaired) electrons. The van der Waals surface area contributed by atoms with E-state index in [-0.39, 0.29) is 11.9 Å². The molecule has 0 spiro atoms. The van der Waals surface area contributed by atoms with Gasteiger partial charge < -0.3 is 10.2 Å². The van der Waals surface area contributed by atoms with E-state index in [2.05, 4.69) is 5.32 Å². The molecule has 1 N–H and O–H groups in total. The number of amides is 1. The van der Waals surface area contributed by atoms with E-state index in [1.54, 1.807) is 6.26 Å². The van der Waals surface area contributed by atoms with Gasteiger partial charge in [-0.3, -0.25) is 9.00 Å². The summed E-state index contributed by atoms with van der Waals surface area (Å²) in [5.74, 6) is 0.158. The van der Waals surface area contributed by atoms with E-state index in [0.29, 0.717) is 19.5 Å². The second-order valence-electron chi connectivity index (χ2n) is 5.72. The van der Waals surface area contributed by atoms with E-state index in [0.717, 1.165) is 16.1 Å². The summed E-state index contributed by atoms with van der Waals surface area (Å²) in [6.45, 7) is 1.40. The molecule has 1 amide bonds. The number of nitrogens with one attached hydrogen (secondary N) is 1. The molecule has 0 aliphatic carbocycles. The molecule has 2 atom stereocenters. The summed E-state index contributed by atoms with van der Waals surface area (Å²) >= 11 is 0. The van der Waals surface area contributed by atoms with Gasteiger partial charge in [-0.05, 0) is 29.8 Å². The van der Waals surface area contributed by atoms with E-state index in [4.69, 9.17) is 0 Å². The first-order valence-corrected chi connectivity index (χ1v) is 9.20. The van der Waals surface area contributed by atoms with Crippen LogP contribution in [0.1, 0.15) is 12.0 Å². The van der Waals surface area contributed by atoms with Crippen molar-refractivity contribution in [3.05, 3.63) is 60.2 Å². The molecular weight excluding hydrogens is 308 g/mol. The van der Waals surface area contributed by atoms with Crippen LogP contribution in [0.4, 0.5) is 5.69 Å². The Morgan fingerprint density at radius 3 is 2.48 bits per heavy atom. The molecule has 1 fully saturated rings. The number of anilines is 1. The van der Waals surface area contributed by atoms with Gasteiger partial charge in [-0.2, -0.15) is 0 Å². The third-order valence-electron chi connectivity index (χ3n) is 4.04. The first-order chi connectivity index (χ1) is 11.1. The summed E-state index contributed by atoms with van der Waals surface area (Å²) in [6.07, 6.45) is 2.20. The van der Waals surface area contributed by atoms with Gasteiger partial charge in [0.25, 0.3) is 0 Å². The van der Waals surface area contributed by atoms with Crippen LogP contribution in [0.2, 0.25) is 0 Å². The van der Waals surface area contributed by atoms with E-state index >= 15 is 0 Å². The van der Waals surface area contributed by atoms with Gasteiger partial charge in [-0.1, -0.05) is 30.3 Å². The van der Waals surface area contributed by atoms with Gasteiger partial charge in [0.2, 0.25) is 5.91 Å². The first kappa shape index (κ1) is 15.9. The molecule has 5 heteroatoms. The molecule has 2 aromatic rings. The van der Waals surface area contributed by atoms with Crippen LogP contribution >= 0.6 is 0 Å². The van der Waals surface area contributed by atoms with Crippen molar-refractivity contribution in [3.63, 3.8) is 0 Å². The number of carbonyl (C=O) groups excluding carboxylic acids is 1. The van der Waals surface area contributed by atoms with Crippen LogP contribution in [0.25, 0.3) is 0 Å². The van der Waals surface area contributed by atoms with Crippen molar-refractivity contribution in [2.24, 2.45) is 0 Å². The first-order valence-electron chi connectivity index (χ1n) is 7.64. The standard InChI is InChI=1S/C18H20N2O2S/c1-23(22)17-9-7-14(8-10-17)12-19-15-11-18(21)20(13-15)16-5-3-2-4-6-16/h2-10,15,19H,11-13H2,1H3. The molecule has 1 aliphatic heterocycles. The Bertz CT molecular complexity index is 701. The molecule has 1 heterocycles. The van der Waals surface area contributed by atoms with E-state index in [1.165, 1.54) is 0 Å². The van der Waals surface area contributed by atoms with Gasteiger partial charge >= 0.3 is 0 Å². The molecule has 0 aromatic heterocycles. The van der Waals surface area contributed by atoms with Crippen molar-refractivity contribution in [2.75, 3.05) is 17.7 Å². The van der Waals surface area contributed by atoms with Crippen LogP contribution in [-0.2, 0) is 22.1 Å². The maximum absolute atomic E-state index is 12.2. The summed E-state index contributed by atoms with van der Waals surface area (Å²) in [5.41, 5.74) is 2.08. The Morgan fingerprint density at radius 2 is 1.83 bits per heavy atom. The van der Waals surface area contributed by atoms with E-state index in [1.807, 2.05) is 59.5 Å². The molecule has 3 rings (SSSR count). The van der Waals surface area contributed by atoms with E-state index in [9.17, 15) is 9.00 Å². The minimum Gasteiger partial charge on any atom is -0.311 e. The number of rotatable bonds is 5. The van der Waals surface area contributed by atoms with Crippen molar-refractivity contribution in [1.82, 2.24) is 5.32 Å². The van der Waals surface area contributed by atoms with Gasteiger partial charge in [0.1, 0.15) is 0 Å². The van der Waals surface area contributed by atoms with Gasteiger partial charge in [-0.15, -0.1) is 0 Å². The van der Waals surface area contributed by atoms with Gasteiger partial charge in [0.15, 0.2) is 0 Å². The number of hydrogen-bond donors (Lipinski definition) is 1. The van der Waals surface area contributed by atoms with Crippen molar-refractivity contribution < 1.29 is 9.00 Å². The number of para-hydroxylation sites is 1. The zero-order chi connectivity index (χ0) is 16.2. The highest BCUT2D eigenvalue weighted by atomic mass is 32.2. The molecule has 1 aliphatic rings. The van der Waals surface area contributed by atoms with Gasteiger partial charge in [0.05, 0.1) is 0 Å². The van der Waals surface area contributed by atoms with Crippen LogP contribution in [0.15, 0.2) is 59.5 Å². The molecule has 2 unspecified atom stereocenters. The average Bonchev–Trinajstić information content (AvgIpc) is 2.95. The highest BCUT2D eigenvalue weighted by Crippen LogP contribution is 2.21. The number of hydrogen-bond acceptors (Lipinski definition) is 3.